The van der Waals surface area contributed by atoms with E-state index in [0.29, 0.717) is 38.6 Å². The molecule has 1 spiro atoms. The molecule has 5 rings (SSSR count). The number of carbonyl (C=O) groups excluding carboxylic acids is 2. The zero-order valence-electron chi connectivity index (χ0n) is 18.4. The van der Waals surface area contributed by atoms with E-state index in [2.05, 4.69) is 0 Å². The number of ether oxygens (including phenoxy) is 1. The smallest absolute Gasteiger partial charge is 0.408 e. The van der Waals surface area contributed by atoms with E-state index in [1.165, 1.54) is 0 Å². The Bertz CT molecular complexity index is 976. The van der Waals surface area contributed by atoms with Gasteiger partial charge in [-0.1, -0.05) is 36.4 Å². The second kappa shape index (κ2) is 8.46. The van der Waals surface area contributed by atoms with Gasteiger partial charge in [0, 0.05) is 32.8 Å². The Labute approximate surface area is 191 Å². The van der Waals surface area contributed by atoms with Gasteiger partial charge in [-0.15, -0.1) is 0 Å². The highest BCUT2D eigenvalue weighted by atomic mass is 16.5. The predicted molar refractivity (Wildman–Crippen MR) is 117 cm³/mol. The van der Waals surface area contributed by atoms with Gasteiger partial charge in [-0.2, -0.15) is 0 Å². The van der Waals surface area contributed by atoms with Crippen LogP contribution in [0.5, 0.6) is 0 Å². The molecule has 0 aromatic heterocycles. The summed E-state index contributed by atoms with van der Waals surface area (Å²) in [5.74, 6) is -1.43. The molecule has 176 valence electrons. The van der Waals surface area contributed by atoms with Crippen molar-refractivity contribution in [2.75, 3.05) is 32.8 Å². The number of carbonyl (C=O) groups is 3. The lowest BCUT2D eigenvalue weighted by Gasteiger charge is -2.44. The molecule has 9 heteroatoms. The van der Waals surface area contributed by atoms with Crippen LogP contribution in [0.25, 0.3) is 5.57 Å². The second-order valence-electron chi connectivity index (χ2n) is 9.75. The molecule has 1 saturated carbocycles. The van der Waals surface area contributed by atoms with E-state index in [4.69, 9.17) is 4.74 Å². The number of nitrogens with one attached hydrogen (secondary N) is 1. The molecule has 4 aliphatic rings. The molecule has 2 saturated heterocycles. The molecule has 3 heterocycles. The zero-order valence-corrected chi connectivity index (χ0v) is 18.4. The molecule has 3 N–H and O–H groups in total. The molecule has 0 radical (unpaired) electrons. The van der Waals surface area contributed by atoms with Crippen molar-refractivity contribution in [2.45, 2.75) is 25.3 Å². The van der Waals surface area contributed by atoms with Gasteiger partial charge in [0.25, 0.3) is 0 Å². The minimum absolute atomic E-state index is 0.224. The Balaban J connectivity index is 1.38. The van der Waals surface area contributed by atoms with Crippen molar-refractivity contribution in [2.24, 2.45) is 23.2 Å². The number of amides is 3. The van der Waals surface area contributed by atoms with Crippen LogP contribution in [0.15, 0.2) is 36.4 Å². The van der Waals surface area contributed by atoms with Gasteiger partial charge in [0.15, 0.2) is 0 Å². The summed E-state index contributed by atoms with van der Waals surface area (Å²) < 4.78 is 5.52. The first-order valence-electron chi connectivity index (χ1n) is 11.5. The SMILES string of the molecule is O=C(NO)[C@H]1C[C@]2(CC2C2CCOC2)CN(C(=O)O)[C@@H]1C(=O)N1CC=C(c2ccccc2)C1. The standard InChI is InChI=1S/C24H29N3O6/c28-21(25-32)18-10-24(11-19(24)17-7-9-33-13-17)14-27(23(30)31)20(18)22(29)26-8-6-16(12-26)15-4-2-1-3-5-15/h1-6,17-20,32H,7-14H2,(H,25,28)(H,30,31)/t17?,18-,19?,20-,24-/m0/s1. The molecule has 33 heavy (non-hydrogen) atoms. The van der Waals surface area contributed by atoms with Gasteiger partial charge >= 0.3 is 6.09 Å². The molecule has 3 aliphatic heterocycles. The van der Waals surface area contributed by atoms with Crippen LogP contribution >= 0.6 is 0 Å². The van der Waals surface area contributed by atoms with Gasteiger partial charge in [0.05, 0.1) is 5.92 Å². The summed E-state index contributed by atoms with van der Waals surface area (Å²) in [5, 5.41) is 19.5. The number of hydrogen-bond acceptors (Lipinski definition) is 5. The van der Waals surface area contributed by atoms with Gasteiger partial charge in [-0.05, 0) is 47.6 Å². The Morgan fingerprint density at radius 3 is 2.61 bits per heavy atom. The van der Waals surface area contributed by atoms with Crippen LogP contribution in [-0.4, -0.2) is 76.9 Å². The molecular formula is C24H29N3O6. The minimum Gasteiger partial charge on any atom is -0.465 e. The number of carboxylic acid groups (broad SMARTS) is 1. The van der Waals surface area contributed by atoms with Crippen molar-refractivity contribution >= 4 is 23.5 Å². The van der Waals surface area contributed by atoms with Crippen molar-refractivity contribution in [1.29, 1.82) is 0 Å². The van der Waals surface area contributed by atoms with Crippen molar-refractivity contribution in [3.05, 3.63) is 42.0 Å². The summed E-state index contributed by atoms with van der Waals surface area (Å²) in [5.41, 5.74) is 3.34. The van der Waals surface area contributed by atoms with Crippen LogP contribution in [0.2, 0.25) is 0 Å². The number of benzene rings is 1. The van der Waals surface area contributed by atoms with Gasteiger partial charge in [0.1, 0.15) is 6.04 Å². The van der Waals surface area contributed by atoms with Gasteiger partial charge in [-0.25, -0.2) is 10.3 Å². The third-order valence-corrected chi connectivity index (χ3v) is 7.94. The lowest BCUT2D eigenvalue weighted by molar-refractivity contribution is -0.149. The molecule has 3 amide bonds. The highest BCUT2D eigenvalue weighted by Crippen LogP contribution is 2.64. The van der Waals surface area contributed by atoms with Crippen LogP contribution in [0.4, 0.5) is 4.79 Å². The van der Waals surface area contributed by atoms with Crippen molar-refractivity contribution < 1.29 is 29.4 Å². The topological polar surface area (TPSA) is 119 Å². The third kappa shape index (κ3) is 3.89. The molecular weight excluding hydrogens is 426 g/mol. The quantitative estimate of drug-likeness (QED) is 0.471. The third-order valence-electron chi connectivity index (χ3n) is 7.94. The lowest BCUT2D eigenvalue weighted by Crippen LogP contribution is -2.61. The lowest BCUT2D eigenvalue weighted by atomic mass is 9.77. The van der Waals surface area contributed by atoms with Crippen LogP contribution < -0.4 is 5.48 Å². The monoisotopic (exact) mass is 455 g/mol. The maximum Gasteiger partial charge on any atom is 0.408 e. The summed E-state index contributed by atoms with van der Waals surface area (Å²) in [6.07, 6.45) is 2.87. The van der Waals surface area contributed by atoms with Crippen LogP contribution in [-0.2, 0) is 14.3 Å². The van der Waals surface area contributed by atoms with Gasteiger partial charge < -0.3 is 14.7 Å². The van der Waals surface area contributed by atoms with Crippen molar-refractivity contribution in [3.63, 3.8) is 0 Å². The fourth-order valence-electron chi connectivity index (χ4n) is 6.18. The fraction of sp³-hybridized carbons (Fsp3) is 0.542. The van der Waals surface area contributed by atoms with Crippen LogP contribution in [0.1, 0.15) is 24.8 Å². The van der Waals surface area contributed by atoms with E-state index < -0.39 is 29.9 Å². The van der Waals surface area contributed by atoms with Crippen LogP contribution in [0, 0.1) is 23.2 Å². The first kappa shape index (κ1) is 21.9. The molecule has 1 aliphatic carbocycles. The minimum atomic E-state index is -1.22. The Hall–Kier alpha value is -2.91. The largest absolute Gasteiger partial charge is 0.465 e. The first-order valence-corrected chi connectivity index (χ1v) is 11.5. The predicted octanol–water partition coefficient (Wildman–Crippen LogP) is 1.83. The molecule has 3 fully saturated rings. The summed E-state index contributed by atoms with van der Waals surface area (Å²) in [4.78, 5) is 41.3. The molecule has 1 aromatic carbocycles. The van der Waals surface area contributed by atoms with Crippen molar-refractivity contribution in [3.8, 4) is 0 Å². The molecule has 5 atom stereocenters. The van der Waals surface area contributed by atoms with E-state index in [0.717, 1.165) is 28.9 Å². The van der Waals surface area contributed by atoms with E-state index in [1.807, 2.05) is 36.4 Å². The fourth-order valence-corrected chi connectivity index (χ4v) is 6.18. The number of likely N-dealkylation sites (tertiary alicyclic amines) is 1. The van der Waals surface area contributed by atoms with Crippen molar-refractivity contribution in [1.82, 2.24) is 15.3 Å². The van der Waals surface area contributed by atoms with E-state index in [1.54, 1.807) is 10.4 Å². The number of piperidine rings is 1. The van der Waals surface area contributed by atoms with Crippen LogP contribution in [0.3, 0.4) is 0 Å². The average Bonchev–Trinajstić information content (AvgIpc) is 3.25. The maximum atomic E-state index is 13.6. The molecule has 9 nitrogen and oxygen atoms in total. The summed E-state index contributed by atoms with van der Waals surface area (Å²) in [7, 11) is 0. The number of rotatable bonds is 4. The van der Waals surface area contributed by atoms with E-state index in [-0.39, 0.29) is 17.9 Å². The highest BCUT2D eigenvalue weighted by Gasteiger charge is 2.64. The molecule has 2 unspecified atom stereocenters. The molecule has 0 bridgehead atoms. The summed E-state index contributed by atoms with van der Waals surface area (Å²) >= 11 is 0. The first-order chi connectivity index (χ1) is 15.9. The summed E-state index contributed by atoms with van der Waals surface area (Å²) in [6, 6.07) is 8.55. The Kier molecular flexibility index (Phi) is 5.62. The zero-order chi connectivity index (χ0) is 23.2. The average molecular weight is 456 g/mol. The van der Waals surface area contributed by atoms with Gasteiger partial charge in [-0.3, -0.25) is 19.7 Å². The molecule has 1 aromatic rings. The highest BCUT2D eigenvalue weighted by molar-refractivity contribution is 5.94. The maximum absolute atomic E-state index is 13.6. The number of hydrogen-bond donors (Lipinski definition) is 3. The van der Waals surface area contributed by atoms with Gasteiger partial charge in [0.2, 0.25) is 11.8 Å². The Morgan fingerprint density at radius 2 is 1.94 bits per heavy atom. The van der Waals surface area contributed by atoms with E-state index in [9.17, 15) is 24.7 Å². The second-order valence-corrected chi connectivity index (χ2v) is 9.75. The number of nitrogens with zero attached hydrogens (tertiary/aromatic N) is 2. The normalized spacial score (nSPS) is 33.2. The number of hydroxylamine groups is 1. The van der Waals surface area contributed by atoms with E-state index >= 15 is 0 Å². The summed E-state index contributed by atoms with van der Waals surface area (Å²) in [6.45, 7) is 2.29. The Morgan fingerprint density at radius 1 is 1.15 bits per heavy atom.